The van der Waals surface area contributed by atoms with Crippen molar-refractivity contribution in [1.82, 2.24) is 4.90 Å². The van der Waals surface area contributed by atoms with Gasteiger partial charge < -0.3 is 10.0 Å². The molecule has 1 atom stereocenters. The van der Waals surface area contributed by atoms with Crippen LogP contribution >= 0.6 is 0 Å². The van der Waals surface area contributed by atoms with E-state index in [1.165, 1.54) is 4.90 Å². The molecule has 1 aliphatic heterocycles. The molecular formula is C10H13F2NO3. The van der Waals surface area contributed by atoms with Gasteiger partial charge in [0.1, 0.15) is 0 Å². The van der Waals surface area contributed by atoms with Crippen molar-refractivity contribution in [3.8, 4) is 0 Å². The summed E-state index contributed by atoms with van der Waals surface area (Å²) >= 11 is 0. The fourth-order valence-electron chi connectivity index (χ4n) is 1.66. The van der Waals surface area contributed by atoms with E-state index < -0.39 is 24.2 Å². The molecule has 0 aliphatic carbocycles. The van der Waals surface area contributed by atoms with Crippen LogP contribution in [-0.4, -0.2) is 41.4 Å². The SMILES string of the molecule is O=C(O)/C=C/C(=O)N1CCCC(C(F)F)C1. The first-order valence-electron chi connectivity index (χ1n) is 4.98. The topological polar surface area (TPSA) is 57.6 Å². The number of carboxylic acids is 1. The largest absolute Gasteiger partial charge is 0.478 e. The van der Waals surface area contributed by atoms with E-state index in [9.17, 15) is 18.4 Å². The normalized spacial score (nSPS) is 21.7. The molecule has 0 aromatic carbocycles. The van der Waals surface area contributed by atoms with Crippen LogP contribution in [0, 0.1) is 5.92 Å². The molecule has 1 fully saturated rings. The molecular weight excluding hydrogens is 220 g/mol. The average Bonchev–Trinajstić information content (AvgIpc) is 2.26. The summed E-state index contributed by atoms with van der Waals surface area (Å²) in [5.41, 5.74) is 0. The van der Waals surface area contributed by atoms with Crippen LogP contribution in [0.2, 0.25) is 0 Å². The minimum atomic E-state index is -2.43. The Morgan fingerprint density at radius 1 is 1.38 bits per heavy atom. The Balaban J connectivity index is 2.53. The van der Waals surface area contributed by atoms with E-state index in [1.54, 1.807) is 0 Å². The van der Waals surface area contributed by atoms with Gasteiger partial charge in [0.2, 0.25) is 12.3 Å². The van der Waals surface area contributed by atoms with Gasteiger partial charge in [-0.3, -0.25) is 4.79 Å². The zero-order valence-corrected chi connectivity index (χ0v) is 8.60. The highest BCUT2D eigenvalue weighted by Gasteiger charge is 2.28. The Morgan fingerprint density at radius 2 is 2.06 bits per heavy atom. The summed E-state index contributed by atoms with van der Waals surface area (Å²) in [6.07, 6.45) is 0.120. The number of carboxylic acid groups (broad SMARTS) is 1. The van der Waals surface area contributed by atoms with Crippen molar-refractivity contribution >= 4 is 11.9 Å². The van der Waals surface area contributed by atoms with Crippen LogP contribution in [0.25, 0.3) is 0 Å². The number of alkyl halides is 2. The van der Waals surface area contributed by atoms with Gasteiger partial charge in [-0.2, -0.15) is 0 Å². The first-order valence-corrected chi connectivity index (χ1v) is 4.98. The van der Waals surface area contributed by atoms with E-state index in [0.717, 1.165) is 6.08 Å². The van der Waals surface area contributed by atoms with E-state index in [0.29, 0.717) is 25.5 Å². The van der Waals surface area contributed by atoms with Gasteiger partial charge >= 0.3 is 5.97 Å². The zero-order valence-electron chi connectivity index (χ0n) is 8.60. The molecule has 1 aliphatic rings. The Kier molecular flexibility index (Phi) is 4.39. The Bertz CT molecular complexity index is 304. The summed E-state index contributed by atoms with van der Waals surface area (Å²) in [6.45, 7) is 0.409. The Hall–Kier alpha value is -1.46. The molecule has 0 radical (unpaired) electrons. The van der Waals surface area contributed by atoms with Gasteiger partial charge in [-0.05, 0) is 12.8 Å². The van der Waals surface area contributed by atoms with E-state index in [2.05, 4.69) is 0 Å². The molecule has 4 nitrogen and oxygen atoms in total. The molecule has 0 saturated carbocycles. The van der Waals surface area contributed by atoms with Crippen LogP contribution in [0.1, 0.15) is 12.8 Å². The first kappa shape index (κ1) is 12.6. The van der Waals surface area contributed by atoms with Gasteiger partial charge in [-0.15, -0.1) is 0 Å². The maximum absolute atomic E-state index is 12.4. The number of hydrogen-bond donors (Lipinski definition) is 1. The number of rotatable bonds is 3. The predicted molar refractivity (Wildman–Crippen MR) is 52.1 cm³/mol. The molecule has 0 aromatic rings. The molecule has 0 aromatic heterocycles. The van der Waals surface area contributed by atoms with Gasteiger partial charge in [0, 0.05) is 31.2 Å². The van der Waals surface area contributed by atoms with Gasteiger partial charge in [0.25, 0.3) is 0 Å². The van der Waals surface area contributed by atoms with Crippen LogP contribution in [0.15, 0.2) is 12.2 Å². The fourth-order valence-corrected chi connectivity index (χ4v) is 1.66. The van der Waals surface area contributed by atoms with Crippen molar-refractivity contribution in [2.75, 3.05) is 13.1 Å². The highest BCUT2D eigenvalue weighted by Crippen LogP contribution is 2.22. The molecule has 6 heteroatoms. The van der Waals surface area contributed by atoms with Crippen LogP contribution < -0.4 is 0 Å². The highest BCUT2D eigenvalue weighted by molar-refractivity contribution is 5.93. The standard InChI is InChI=1S/C10H13F2NO3/c11-10(12)7-2-1-5-13(6-7)8(14)3-4-9(15)16/h3-4,7,10H,1-2,5-6H2,(H,15,16)/b4-3+. The van der Waals surface area contributed by atoms with Crippen molar-refractivity contribution in [3.05, 3.63) is 12.2 Å². The summed E-state index contributed by atoms with van der Waals surface area (Å²) in [4.78, 5) is 22.8. The zero-order chi connectivity index (χ0) is 12.1. The number of amides is 1. The van der Waals surface area contributed by atoms with Gasteiger partial charge in [-0.25, -0.2) is 13.6 Å². The van der Waals surface area contributed by atoms with Crippen molar-refractivity contribution in [2.24, 2.45) is 5.92 Å². The second kappa shape index (κ2) is 5.58. The minimum absolute atomic E-state index is 0.000455. The van der Waals surface area contributed by atoms with Gasteiger partial charge in [0.05, 0.1) is 0 Å². The van der Waals surface area contributed by atoms with E-state index in [-0.39, 0.29) is 6.54 Å². The lowest BCUT2D eigenvalue weighted by atomic mass is 9.98. The monoisotopic (exact) mass is 233 g/mol. The Morgan fingerprint density at radius 3 is 2.62 bits per heavy atom. The minimum Gasteiger partial charge on any atom is -0.478 e. The number of carbonyl (C=O) groups is 2. The summed E-state index contributed by atoms with van der Waals surface area (Å²) in [5.74, 6) is -2.54. The third-order valence-corrected chi connectivity index (χ3v) is 2.49. The number of hydrogen-bond acceptors (Lipinski definition) is 2. The molecule has 1 saturated heterocycles. The van der Waals surface area contributed by atoms with Crippen molar-refractivity contribution < 1.29 is 23.5 Å². The molecule has 1 N–H and O–H groups in total. The van der Waals surface area contributed by atoms with E-state index >= 15 is 0 Å². The summed E-state index contributed by atoms with van der Waals surface area (Å²) < 4.78 is 24.8. The molecule has 0 bridgehead atoms. The molecule has 90 valence electrons. The van der Waals surface area contributed by atoms with Crippen LogP contribution in [0.5, 0.6) is 0 Å². The van der Waals surface area contributed by atoms with Crippen LogP contribution in [0.3, 0.4) is 0 Å². The molecule has 0 spiro atoms. The second-order valence-electron chi connectivity index (χ2n) is 3.69. The summed E-state index contributed by atoms with van der Waals surface area (Å²) in [7, 11) is 0. The van der Waals surface area contributed by atoms with Crippen LogP contribution in [-0.2, 0) is 9.59 Å². The van der Waals surface area contributed by atoms with Crippen molar-refractivity contribution in [1.29, 1.82) is 0 Å². The number of piperidine rings is 1. The number of nitrogens with zero attached hydrogens (tertiary/aromatic N) is 1. The number of halogens is 2. The first-order chi connectivity index (χ1) is 7.50. The lowest BCUT2D eigenvalue weighted by molar-refractivity contribution is -0.133. The molecule has 16 heavy (non-hydrogen) atoms. The fraction of sp³-hybridized carbons (Fsp3) is 0.600. The van der Waals surface area contributed by atoms with E-state index in [4.69, 9.17) is 5.11 Å². The van der Waals surface area contributed by atoms with Crippen LogP contribution in [0.4, 0.5) is 8.78 Å². The van der Waals surface area contributed by atoms with Crippen molar-refractivity contribution in [2.45, 2.75) is 19.3 Å². The smallest absolute Gasteiger partial charge is 0.328 e. The maximum atomic E-state index is 12.4. The second-order valence-corrected chi connectivity index (χ2v) is 3.69. The quantitative estimate of drug-likeness (QED) is 0.743. The summed E-state index contributed by atoms with van der Waals surface area (Å²) in [6, 6.07) is 0. The third-order valence-electron chi connectivity index (χ3n) is 2.49. The van der Waals surface area contributed by atoms with E-state index in [1.807, 2.05) is 0 Å². The van der Waals surface area contributed by atoms with Crippen molar-refractivity contribution in [3.63, 3.8) is 0 Å². The molecule has 1 unspecified atom stereocenters. The predicted octanol–water partition coefficient (Wildman–Crippen LogP) is 1.13. The highest BCUT2D eigenvalue weighted by atomic mass is 19.3. The lowest BCUT2D eigenvalue weighted by Gasteiger charge is -2.31. The Labute approximate surface area is 91.5 Å². The summed E-state index contributed by atoms with van der Waals surface area (Å²) in [5, 5.41) is 8.32. The molecule has 1 heterocycles. The average molecular weight is 233 g/mol. The lowest BCUT2D eigenvalue weighted by Crippen LogP contribution is -2.41. The molecule has 1 amide bonds. The third kappa shape index (κ3) is 3.60. The molecule has 1 rings (SSSR count). The number of aliphatic carboxylic acids is 1. The number of likely N-dealkylation sites (tertiary alicyclic amines) is 1. The van der Waals surface area contributed by atoms with Gasteiger partial charge in [-0.1, -0.05) is 0 Å². The maximum Gasteiger partial charge on any atom is 0.328 e. The van der Waals surface area contributed by atoms with Gasteiger partial charge in [0.15, 0.2) is 0 Å². The number of carbonyl (C=O) groups excluding carboxylic acids is 1.